The molecule has 0 aromatic heterocycles. The summed E-state index contributed by atoms with van der Waals surface area (Å²) >= 11 is 0. The minimum atomic E-state index is -0.202. The van der Waals surface area contributed by atoms with Gasteiger partial charge in [-0.25, -0.2) is 4.79 Å². The molecule has 0 aliphatic carbocycles. The van der Waals surface area contributed by atoms with Crippen molar-refractivity contribution in [2.75, 3.05) is 39.5 Å². The number of ether oxygens (including phenoxy) is 2. The van der Waals surface area contributed by atoms with Crippen molar-refractivity contribution in [2.45, 2.75) is 6.04 Å². The van der Waals surface area contributed by atoms with Gasteiger partial charge in [0.15, 0.2) is 0 Å². The standard InChI is InChI=1S/C8H14N2O3/c11-8-10(2-4-13-8)5-7-6-12-3-1-9-7/h7,9H,1-6H2. The lowest BCUT2D eigenvalue weighted by molar-refractivity contribution is 0.0668. The van der Waals surface area contributed by atoms with Gasteiger partial charge < -0.3 is 19.7 Å². The van der Waals surface area contributed by atoms with E-state index in [-0.39, 0.29) is 12.1 Å². The Balaban J connectivity index is 1.79. The Labute approximate surface area is 77.0 Å². The topological polar surface area (TPSA) is 50.8 Å². The Bertz CT molecular complexity index is 192. The van der Waals surface area contributed by atoms with Crippen LogP contribution in [-0.2, 0) is 9.47 Å². The summed E-state index contributed by atoms with van der Waals surface area (Å²) in [6, 6.07) is 0.263. The molecule has 0 radical (unpaired) electrons. The normalized spacial score (nSPS) is 29.1. The molecule has 1 amide bonds. The van der Waals surface area contributed by atoms with E-state index in [2.05, 4.69) is 5.32 Å². The molecular weight excluding hydrogens is 172 g/mol. The third kappa shape index (κ3) is 2.10. The first-order valence-electron chi connectivity index (χ1n) is 4.59. The van der Waals surface area contributed by atoms with Crippen LogP contribution in [0.25, 0.3) is 0 Å². The number of morpholine rings is 1. The molecule has 13 heavy (non-hydrogen) atoms. The smallest absolute Gasteiger partial charge is 0.409 e. The van der Waals surface area contributed by atoms with Gasteiger partial charge in [0.1, 0.15) is 6.61 Å². The first-order valence-corrected chi connectivity index (χ1v) is 4.59. The lowest BCUT2D eigenvalue weighted by atomic mass is 10.2. The first kappa shape index (κ1) is 8.77. The van der Waals surface area contributed by atoms with E-state index in [0.29, 0.717) is 26.3 Å². The number of hydrogen-bond donors (Lipinski definition) is 1. The lowest BCUT2D eigenvalue weighted by Crippen LogP contribution is -2.48. The zero-order valence-electron chi connectivity index (χ0n) is 7.49. The van der Waals surface area contributed by atoms with E-state index in [4.69, 9.17) is 9.47 Å². The van der Waals surface area contributed by atoms with Crippen molar-refractivity contribution in [1.29, 1.82) is 0 Å². The lowest BCUT2D eigenvalue weighted by Gasteiger charge is -2.26. The molecule has 1 unspecified atom stereocenters. The Morgan fingerprint density at radius 2 is 2.46 bits per heavy atom. The van der Waals surface area contributed by atoms with Gasteiger partial charge in [0.05, 0.1) is 19.8 Å². The highest BCUT2D eigenvalue weighted by molar-refractivity contribution is 5.69. The molecule has 74 valence electrons. The second-order valence-electron chi connectivity index (χ2n) is 3.29. The van der Waals surface area contributed by atoms with Crippen LogP contribution in [0.4, 0.5) is 4.79 Å². The Hall–Kier alpha value is -0.810. The van der Waals surface area contributed by atoms with E-state index in [9.17, 15) is 4.79 Å². The number of carbonyl (C=O) groups excluding carboxylic acids is 1. The van der Waals surface area contributed by atoms with E-state index in [1.54, 1.807) is 4.90 Å². The maximum Gasteiger partial charge on any atom is 0.409 e. The molecule has 0 bridgehead atoms. The highest BCUT2D eigenvalue weighted by atomic mass is 16.6. The predicted molar refractivity (Wildman–Crippen MR) is 45.5 cm³/mol. The number of carbonyl (C=O) groups is 1. The van der Waals surface area contributed by atoms with Gasteiger partial charge in [0, 0.05) is 19.1 Å². The van der Waals surface area contributed by atoms with Gasteiger partial charge in [0.25, 0.3) is 0 Å². The maximum atomic E-state index is 11.1. The number of amides is 1. The third-order valence-corrected chi connectivity index (χ3v) is 2.28. The molecule has 2 saturated heterocycles. The molecule has 0 aromatic rings. The summed E-state index contributed by atoms with van der Waals surface area (Å²) in [6.45, 7) is 4.24. The number of hydrogen-bond acceptors (Lipinski definition) is 4. The predicted octanol–water partition coefficient (Wildman–Crippen LogP) is -0.573. The van der Waals surface area contributed by atoms with E-state index in [0.717, 1.165) is 13.2 Å². The fourth-order valence-electron chi connectivity index (χ4n) is 1.59. The molecule has 2 aliphatic rings. The third-order valence-electron chi connectivity index (χ3n) is 2.28. The van der Waals surface area contributed by atoms with Crippen LogP contribution in [0.3, 0.4) is 0 Å². The van der Waals surface area contributed by atoms with Crippen molar-refractivity contribution < 1.29 is 14.3 Å². The molecule has 1 atom stereocenters. The minimum Gasteiger partial charge on any atom is -0.448 e. The minimum absolute atomic E-state index is 0.202. The van der Waals surface area contributed by atoms with E-state index in [1.807, 2.05) is 0 Å². The van der Waals surface area contributed by atoms with Crippen molar-refractivity contribution in [3.63, 3.8) is 0 Å². The summed E-state index contributed by atoms with van der Waals surface area (Å²) in [5, 5.41) is 3.29. The van der Waals surface area contributed by atoms with E-state index >= 15 is 0 Å². The fourth-order valence-corrected chi connectivity index (χ4v) is 1.59. The van der Waals surface area contributed by atoms with Gasteiger partial charge in [0.2, 0.25) is 0 Å². The quantitative estimate of drug-likeness (QED) is 0.627. The highest BCUT2D eigenvalue weighted by Crippen LogP contribution is 2.05. The molecule has 2 fully saturated rings. The number of nitrogens with zero attached hydrogens (tertiary/aromatic N) is 1. The molecule has 0 aromatic carbocycles. The van der Waals surface area contributed by atoms with Crippen LogP contribution in [0.2, 0.25) is 0 Å². The van der Waals surface area contributed by atoms with Crippen molar-refractivity contribution in [2.24, 2.45) is 0 Å². The van der Waals surface area contributed by atoms with E-state index in [1.165, 1.54) is 0 Å². The van der Waals surface area contributed by atoms with Gasteiger partial charge in [-0.1, -0.05) is 0 Å². The van der Waals surface area contributed by atoms with E-state index < -0.39 is 0 Å². The number of rotatable bonds is 2. The zero-order chi connectivity index (χ0) is 9.10. The van der Waals surface area contributed by atoms with Gasteiger partial charge in [-0.2, -0.15) is 0 Å². The molecule has 2 heterocycles. The van der Waals surface area contributed by atoms with Crippen LogP contribution < -0.4 is 5.32 Å². The zero-order valence-corrected chi connectivity index (χ0v) is 7.49. The number of cyclic esters (lactones) is 1. The molecule has 5 heteroatoms. The van der Waals surface area contributed by atoms with Crippen molar-refractivity contribution in [1.82, 2.24) is 10.2 Å². The average Bonchev–Trinajstić information content (AvgIpc) is 2.54. The Morgan fingerprint density at radius 3 is 3.08 bits per heavy atom. The molecule has 1 N–H and O–H groups in total. The fraction of sp³-hybridized carbons (Fsp3) is 0.875. The summed E-state index contributed by atoms with van der Waals surface area (Å²) in [5.41, 5.74) is 0. The molecule has 5 nitrogen and oxygen atoms in total. The van der Waals surface area contributed by atoms with Crippen molar-refractivity contribution in [3.8, 4) is 0 Å². The summed E-state index contributed by atoms with van der Waals surface area (Å²) in [7, 11) is 0. The molecule has 2 rings (SSSR count). The highest BCUT2D eigenvalue weighted by Gasteiger charge is 2.25. The number of nitrogens with one attached hydrogen (secondary N) is 1. The van der Waals surface area contributed by atoms with Crippen LogP contribution >= 0.6 is 0 Å². The second-order valence-corrected chi connectivity index (χ2v) is 3.29. The first-order chi connectivity index (χ1) is 6.36. The molecule has 0 spiro atoms. The molecule has 0 saturated carbocycles. The Morgan fingerprint density at radius 1 is 1.54 bits per heavy atom. The second kappa shape index (κ2) is 3.93. The molecule has 2 aliphatic heterocycles. The average molecular weight is 186 g/mol. The van der Waals surface area contributed by atoms with Gasteiger partial charge in [-0.05, 0) is 0 Å². The van der Waals surface area contributed by atoms with Crippen molar-refractivity contribution in [3.05, 3.63) is 0 Å². The largest absolute Gasteiger partial charge is 0.448 e. The summed E-state index contributed by atoms with van der Waals surface area (Å²) in [4.78, 5) is 12.8. The van der Waals surface area contributed by atoms with Crippen LogP contribution in [0, 0.1) is 0 Å². The van der Waals surface area contributed by atoms with Crippen LogP contribution in [0.1, 0.15) is 0 Å². The SMILES string of the molecule is O=C1OCCN1CC1COCCN1. The summed E-state index contributed by atoms with van der Waals surface area (Å²) in [5.74, 6) is 0. The van der Waals surface area contributed by atoms with Crippen molar-refractivity contribution >= 4 is 6.09 Å². The van der Waals surface area contributed by atoms with Gasteiger partial charge >= 0.3 is 6.09 Å². The maximum absolute atomic E-state index is 11.1. The van der Waals surface area contributed by atoms with Gasteiger partial charge in [-0.15, -0.1) is 0 Å². The summed E-state index contributed by atoms with van der Waals surface area (Å²) < 4.78 is 10.1. The van der Waals surface area contributed by atoms with Gasteiger partial charge in [-0.3, -0.25) is 0 Å². The summed E-state index contributed by atoms with van der Waals surface area (Å²) in [6.07, 6.45) is -0.202. The molecular formula is C8H14N2O3. The monoisotopic (exact) mass is 186 g/mol. The van der Waals surface area contributed by atoms with Crippen LogP contribution in [0.15, 0.2) is 0 Å². The Kier molecular flexibility index (Phi) is 2.65. The van der Waals surface area contributed by atoms with Crippen LogP contribution in [-0.4, -0.2) is 56.5 Å². The van der Waals surface area contributed by atoms with Crippen LogP contribution in [0.5, 0.6) is 0 Å².